The van der Waals surface area contributed by atoms with Gasteiger partial charge in [0, 0.05) is 5.38 Å². The van der Waals surface area contributed by atoms with Gasteiger partial charge in [-0.05, 0) is 18.4 Å². The van der Waals surface area contributed by atoms with E-state index in [1.807, 2.05) is 18.4 Å². The second kappa shape index (κ2) is 7.37. The average Bonchev–Trinajstić information content (AvgIpc) is 3.00. The Hall–Kier alpha value is -2.21. The number of carbonyl (C=O) groups is 2. The highest BCUT2D eigenvalue weighted by molar-refractivity contribution is 7.09. The van der Waals surface area contributed by atoms with Crippen molar-refractivity contribution in [1.29, 1.82) is 0 Å². The monoisotopic (exact) mass is 332 g/mol. The smallest absolute Gasteiger partial charge is 0.334 e. The first kappa shape index (κ1) is 17.1. The van der Waals surface area contributed by atoms with E-state index in [1.54, 1.807) is 31.2 Å². The molecule has 0 bridgehead atoms. The maximum Gasteiger partial charge on any atom is 0.334 e. The van der Waals surface area contributed by atoms with Crippen molar-refractivity contribution >= 4 is 23.2 Å². The molecule has 0 aliphatic carbocycles. The van der Waals surface area contributed by atoms with Crippen LogP contribution in [0.4, 0.5) is 0 Å². The van der Waals surface area contributed by atoms with Crippen molar-refractivity contribution < 1.29 is 14.7 Å². The van der Waals surface area contributed by atoms with Crippen molar-refractivity contribution in [2.24, 2.45) is 0 Å². The molecule has 2 N–H and O–H groups in total. The summed E-state index contributed by atoms with van der Waals surface area (Å²) < 4.78 is 0. The first-order chi connectivity index (χ1) is 11.0. The molecule has 6 heteroatoms. The van der Waals surface area contributed by atoms with Gasteiger partial charge in [-0.1, -0.05) is 44.2 Å². The van der Waals surface area contributed by atoms with Gasteiger partial charge in [0.1, 0.15) is 0 Å². The van der Waals surface area contributed by atoms with Crippen molar-refractivity contribution in [3.05, 3.63) is 52.0 Å². The number of amides is 1. The number of nitrogens with one attached hydrogen (secondary N) is 1. The van der Waals surface area contributed by atoms with E-state index in [9.17, 15) is 14.7 Å². The van der Waals surface area contributed by atoms with Gasteiger partial charge in [-0.3, -0.25) is 4.79 Å². The number of carboxylic acids is 1. The van der Waals surface area contributed by atoms with Crippen LogP contribution in [0.5, 0.6) is 0 Å². The molecule has 0 aliphatic rings. The molecule has 1 amide bonds. The zero-order valence-corrected chi connectivity index (χ0v) is 14.0. The SMILES string of the molecule is CCc1nc(CC(=O)NC(CC)(C(=O)O)c2ccccc2)cs1. The number of thiazole rings is 1. The number of benzene rings is 1. The molecule has 23 heavy (non-hydrogen) atoms. The third-order valence-electron chi connectivity index (χ3n) is 3.76. The van der Waals surface area contributed by atoms with Crippen LogP contribution < -0.4 is 5.32 Å². The summed E-state index contributed by atoms with van der Waals surface area (Å²) in [7, 11) is 0. The average molecular weight is 332 g/mol. The molecule has 0 radical (unpaired) electrons. The van der Waals surface area contributed by atoms with Crippen LogP contribution >= 0.6 is 11.3 Å². The third kappa shape index (κ3) is 3.76. The minimum absolute atomic E-state index is 0.0817. The van der Waals surface area contributed by atoms with Gasteiger partial charge in [-0.25, -0.2) is 9.78 Å². The molecule has 1 unspecified atom stereocenters. The van der Waals surface area contributed by atoms with Crippen LogP contribution in [0.15, 0.2) is 35.7 Å². The second-order valence-corrected chi connectivity index (χ2v) is 6.18. The molecule has 0 fully saturated rings. The van der Waals surface area contributed by atoms with Gasteiger partial charge in [0.05, 0.1) is 17.1 Å². The molecule has 1 heterocycles. The third-order valence-corrected chi connectivity index (χ3v) is 4.80. The second-order valence-electron chi connectivity index (χ2n) is 5.24. The Labute approximate surface area is 139 Å². The highest BCUT2D eigenvalue weighted by Gasteiger charge is 2.40. The molecule has 122 valence electrons. The van der Waals surface area contributed by atoms with E-state index in [2.05, 4.69) is 10.3 Å². The van der Waals surface area contributed by atoms with Crippen LogP contribution in [-0.2, 0) is 28.0 Å². The minimum atomic E-state index is -1.41. The number of aromatic nitrogens is 1. The van der Waals surface area contributed by atoms with E-state index in [0.29, 0.717) is 11.3 Å². The molecule has 0 aliphatic heterocycles. The van der Waals surface area contributed by atoms with Crippen molar-refractivity contribution in [3.8, 4) is 0 Å². The van der Waals surface area contributed by atoms with E-state index >= 15 is 0 Å². The highest BCUT2D eigenvalue weighted by Crippen LogP contribution is 2.25. The molecule has 2 rings (SSSR count). The minimum Gasteiger partial charge on any atom is -0.479 e. The van der Waals surface area contributed by atoms with Gasteiger partial charge < -0.3 is 10.4 Å². The van der Waals surface area contributed by atoms with Crippen LogP contribution in [0.1, 0.15) is 36.5 Å². The lowest BCUT2D eigenvalue weighted by Gasteiger charge is -2.30. The topological polar surface area (TPSA) is 79.3 Å². The molecule has 5 nitrogen and oxygen atoms in total. The first-order valence-electron chi connectivity index (χ1n) is 7.55. The largest absolute Gasteiger partial charge is 0.479 e. The van der Waals surface area contributed by atoms with E-state index in [0.717, 1.165) is 11.4 Å². The molecule has 1 aromatic heterocycles. The summed E-state index contributed by atoms with van der Waals surface area (Å²) in [4.78, 5) is 28.6. The summed E-state index contributed by atoms with van der Waals surface area (Å²) in [6, 6.07) is 8.78. The fourth-order valence-corrected chi connectivity index (χ4v) is 3.20. The van der Waals surface area contributed by atoms with Gasteiger partial charge in [-0.15, -0.1) is 11.3 Å². The summed E-state index contributed by atoms with van der Waals surface area (Å²) in [5, 5.41) is 15.2. The van der Waals surface area contributed by atoms with E-state index < -0.39 is 11.5 Å². The zero-order valence-electron chi connectivity index (χ0n) is 13.2. The van der Waals surface area contributed by atoms with Crippen molar-refractivity contribution in [1.82, 2.24) is 10.3 Å². The van der Waals surface area contributed by atoms with Gasteiger partial charge in [0.2, 0.25) is 5.91 Å². The summed E-state index contributed by atoms with van der Waals surface area (Å²) in [6.07, 6.45) is 1.16. The van der Waals surface area contributed by atoms with E-state index in [1.165, 1.54) is 11.3 Å². The maximum atomic E-state index is 12.4. The molecule has 2 aromatic rings. The molecule has 0 spiro atoms. The predicted molar refractivity (Wildman–Crippen MR) is 89.4 cm³/mol. The Balaban J connectivity index is 2.21. The molecular weight excluding hydrogens is 312 g/mol. The lowest BCUT2D eigenvalue weighted by molar-refractivity contribution is -0.148. The Bertz CT molecular complexity index is 684. The Morgan fingerprint density at radius 1 is 1.26 bits per heavy atom. The van der Waals surface area contributed by atoms with Crippen LogP contribution in [0, 0.1) is 0 Å². The summed E-state index contributed by atoms with van der Waals surface area (Å²) >= 11 is 1.51. The normalized spacial score (nSPS) is 13.3. The number of hydrogen-bond donors (Lipinski definition) is 2. The van der Waals surface area contributed by atoms with E-state index in [4.69, 9.17) is 0 Å². The fourth-order valence-electron chi connectivity index (χ4n) is 2.45. The molecule has 1 atom stereocenters. The van der Waals surface area contributed by atoms with Gasteiger partial charge in [-0.2, -0.15) is 0 Å². The van der Waals surface area contributed by atoms with Crippen LogP contribution in [0.3, 0.4) is 0 Å². The number of nitrogens with zero attached hydrogens (tertiary/aromatic N) is 1. The Morgan fingerprint density at radius 2 is 1.96 bits per heavy atom. The summed E-state index contributed by atoms with van der Waals surface area (Å²) in [5.41, 5.74) is -0.175. The highest BCUT2D eigenvalue weighted by atomic mass is 32.1. The standard InChI is InChI=1S/C17H20N2O3S/c1-3-15-18-13(11-23-15)10-14(20)19-17(4-2,16(21)22)12-8-6-5-7-9-12/h5-9,11H,3-4,10H2,1-2H3,(H,19,20)(H,21,22). The number of hydrogen-bond acceptors (Lipinski definition) is 4. The number of aliphatic carboxylic acids is 1. The van der Waals surface area contributed by atoms with Crippen LogP contribution in [-0.4, -0.2) is 22.0 Å². The van der Waals surface area contributed by atoms with Crippen molar-refractivity contribution in [2.45, 2.75) is 38.6 Å². The number of rotatable bonds is 7. The number of carbonyl (C=O) groups excluding carboxylic acids is 1. The Morgan fingerprint density at radius 3 is 2.48 bits per heavy atom. The number of carboxylic acid groups (broad SMARTS) is 1. The molecule has 0 saturated carbocycles. The maximum absolute atomic E-state index is 12.4. The molecule has 0 saturated heterocycles. The lowest BCUT2D eigenvalue weighted by Crippen LogP contribution is -2.52. The zero-order chi connectivity index (χ0) is 16.9. The number of aryl methyl sites for hydroxylation is 1. The van der Waals surface area contributed by atoms with Gasteiger partial charge in [0.15, 0.2) is 5.54 Å². The summed E-state index contributed by atoms with van der Waals surface area (Å²) in [6.45, 7) is 3.75. The van der Waals surface area contributed by atoms with Crippen molar-refractivity contribution in [3.63, 3.8) is 0 Å². The molecule has 1 aromatic carbocycles. The van der Waals surface area contributed by atoms with Gasteiger partial charge >= 0.3 is 5.97 Å². The lowest BCUT2D eigenvalue weighted by atomic mass is 9.87. The van der Waals surface area contributed by atoms with Crippen LogP contribution in [0.2, 0.25) is 0 Å². The summed E-state index contributed by atoms with van der Waals surface area (Å²) in [5.74, 6) is -1.40. The van der Waals surface area contributed by atoms with E-state index in [-0.39, 0.29) is 18.7 Å². The first-order valence-corrected chi connectivity index (χ1v) is 8.43. The quantitative estimate of drug-likeness (QED) is 0.817. The van der Waals surface area contributed by atoms with Crippen LogP contribution in [0.25, 0.3) is 0 Å². The van der Waals surface area contributed by atoms with Gasteiger partial charge in [0.25, 0.3) is 0 Å². The predicted octanol–water partition coefficient (Wildman–Crippen LogP) is 2.75. The fraction of sp³-hybridized carbons (Fsp3) is 0.353. The Kier molecular flexibility index (Phi) is 5.50. The molecular formula is C17H20N2O3S. The van der Waals surface area contributed by atoms with Crippen molar-refractivity contribution in [2.75, 3.05) is 0 Å².